The molecule has 0 aromatic rings. The molecule has 0 rings (SSSR count). The van der Waals surface area contributed by atoms with Crippen molar-refractivity contribution in [3.63, 3.8) is 0 Å². The first-order valence-electron chi connectivity index (χ1n) is 2.37. The van der Waals surface area contributed by atoms with Crippen molar-refractivity contribution in [2.75, 3.05) is 6.61 Å². The van der Waals surface area contributed by atoms with E-state index in [1.807, 2.05) is 0 Å². The van der Waals surface area contributed by atoms with Crippen molar-refractivity contribution < 1.29 is 29.4 Å². The van der Waals surface area contributed by atoms with Crippen LogP contribution in [-0.4, -0.2) is 17.5 Å². The predicted molar refractivity (Wildman–Crippen MR) is 27.0 cm³/mol. The van der Waals surface area contributed by atoms with E-state index >= 15 is 0 Å². The minimum absolute atomic E-state index is 0. The zero-order chi connectivity index (χ0) is 5.70. The number of Topliss-reactive ketones (excluding diaryl/α,β-unsaturated/α-hetero) is 1. The molecular formula is C5H10O2Ru. The van der Waals surface area contributed by atoms with Crippen LogP contribution in [0.4, 0.5) is 0 Å². The normalized spacial score (nSPS) is 7.75. The third-order valence-electron chi connectivity index (χ3n) is 0.687. The summed E-state index contributed by atoms with van der Waals surface area (Å²) in [6.45, 7) is 1.65. The molecule has 0 bridgehead atoms. The van der Waals surface area contributed by atoms with Crippen molar-refractivity contribution in [2.45, 2.75) is 19.8 Å². The van der Waals surface area contributed by atoms with Crippen molar-refractivity contribution in [1.82, 2.24) is 0 Å². The summed E-state index contributed by atoms with van der Waals surface area (Å²) in [4.78, 5) is 10.1. The molecule has 0 saturated heterocycles. The van der Waals surface area contributed by atoms with Crippen LogP contribution in [0.25, 0.3) is 0 Å². The SMILES string of the molecule is CC(=O)CCCO.[Ru]. The smallest absolute Gasteiger partial charge is 0.129 e. The molecule has 0 spiro atoms. The van der Waals surface area contributed by atoms with E-state index in [1.165, 1.54) is 6.92 Å². The van der Waals surface area contributed by atoms with Gasteiger partial charge in [0.15, 0.2) is 0 Å². The van der Waals surface area contributed by atoms with E-state index in [-0.39, 0.29) is 31.9 Å². The molecule has 0 saturated carbocycles. The second-order valence-corrected chi connectivity index (χ2v) is 1.53. The number of hydrogen-bond acceptors (Lipinski definition) is 2. The van der Waals surface area contributed by atoms with Gasteiger partial charge in [-0.05, 0) is 13.3 Å². The van der Waals surface area contributed by atoms with Gasteiger partial charge in [-0.3, -0.25) is 0 Å². The Hall–Kier alpha value is 0.253. The van der Waals surface area contributed by atoms with E-state index in [0.29, 0.717) is 12.8 Å². The number of carbonyl (C=O) groups excluding carboxylic acids is 1. The minimum atomic E-state index is 0. The van der Waals surface area contributed by atoms with Gasteiger partial charge in [0.1, 0.15) is 5.78 Å². The van der Waals surface area contributed by atoms with Crippen molar-refractivity contribution in [3.05, 3.63) is 0 Å². The molecule has 0 heterocycles. The number of carbonyl (C=O) groups is 1. The van der Waals surface area contributed by atoms with Crippen molar-refractivity contribution in [2.24, 2.45) is 0 Å². The minimum Gasteiger partial charge on any atom is -0.396 e. The van der Waals surface area contributed by atoms with Gasteiger partial charge >= 0.3 is 0 Å². The van der Waals surface area contributed by atoms with Crippen LogP contribution in [-0.2, 0) is 24.3 Å². The van der Waals surface area contributed by atoms with Crippen molar-refractivity contribution >= 4 is 5.78 Å². The number of aliphatic hydroxyl groups is 1. The Kier molecular flexibility index (Phi) is 10.1. The quantitative estimate of drug-likeness (QED) is 0.672. The maximum atomic E-state index is 10.1. The van der Waals surface area contributed by atoms with Crippen molar-refractivity contribution in [1.29, 1.82) is 0 Å². The van der Waals surface area contributed by atoms with Gasteiger partial charge in [-0.2, -0.15) is 0 Å². The van der Waals surface area contributed by atoms with E-state index in [9.17, 15) is 4.79 Å². The number of rotatable bonds is 3. The molecule has 0 atom stereocenters. The summed E-state index contributed by atoms with van der Waals surface area (Å²) in [6.07, 6.45) is 1.12. The Labute approximate surface area is 62.0 Å². The van der Waals surface area contributed by atoms with Crippen LogP contribution in [0.5, 0.6) is 0 Å². The third-order valence-corrected chi connectivity index (χ3v) is 0.687. The molecule has 0 aliphatic carbocycles. The molecule has 3 heteroatoms. The van der Waals surface area contributed by atoms with Crippen molar-refractivity contribution in [3.8, 4) is 0 Å². The van der Waals surface area contributed by atoms with Gasteiger partial charge in [0.05, 0.1) is 0 Å². The average Bonchev–Trinajstić information content (AvgIpc) is 1.61. The van der Waals surface area contributed by atoms with Gasteiger partial charge < -0.3 is 9.90 Å². The molecular weight excluding hydrogens is 193 g/mol. The van der Waals surface area contributed by atoms with Gasteiger partial charge in [-0.1, -0.05) is 0 Å². The molecule has 0 aromatic heterocycles. The summed E-state index contributed by atoms with van der Waals surface area (Å²) >= 11 is 0. The summed E-state index contributed by atoms with van der Waals surface area (Å²) in [6, 6.07) is 0. The first kappa shape index (κ1) is 11.1. The summed E-state index contributed by atoms with van der Waals surface area (Å²) in [5.74, 6) is 0.147. The fourth-order valence-electron chi connectivity index (χ4n) is 0.328. The van der Waals surface area contributed by atoms with E-state index < -0.39 is 0 Å². The maximum absolute atomic E-state index is 10.1. The number of ketones is 1. The second-order valence-electron chi connectivity index (χ2n) is 1.53. The van der Waals surface area contributed by atoms with Crippen LogP contribution < -0.4 is 0 Å². The largest absolute Gasteiger partial charge is 0.396 e. The van der Waals surface area contributed by atoms with E-state index in [1.54, 1.807) is 0 Å². The Balaban J connectivity index is 0. The molecule has 0 aromatic carbocycles. The fourth-order valence-corrected chi connectivity index (χ4v) is 0.328. The summed E-state index contributed by atoms with van der Waals surface area (Å²) in [5, 5.41) is 8.16. The summed E-state index contributed by atoms with van der Waals surface area (Å²) in [7, 11) is 0. The summed E-state index contributed by atoms with van der Waals surface area (Å²) in [5.41, 5.74) is 0. The first-order valence-corrected chi connectivity index (χ1v) is 2.37. The van der Waals surface area contributed by atoms with E-state index in [0.717, 1.165) is 0 Å². The molecule has 0 unspecified atom stereocenters. The molecule has 0 fully saturated rings. The van der Waals surface area contributed by atoms with E-state index in [2.05, 4.69) is 0 Å². The average molecular weight is 203 g/mol. The molecule has 50 valence electrons. The van der Waals surface area contributed by atoms with E-state index in [4.69, 9.17) is 5.11 Å². The number of aliphatic hydroxyl groups excluding tert-OH is 1. The standard InChI is InChI=1S/C5H10O2.Ru/c1-5(7)3-2-4-6;/h6H,2-4H2,1H3;. The van der Waals surface area contributed by atoms with Gasteiger partial charge in [0, 0.05) is 32.5 Å². The van der Waals surface area contributed by atoms with Gasteiger partial charge in [0.2, 0.25) is 0 Å². The van der Waals surface area contributed by atoms with Gasteiger partial charge in [-0.25, -0.2) is 0 Å². The van der Waals surface area contributed by atoms with Crippen LogP contribution in [0, 0.1) is 0 Å². The Morgan fingerprint density at radius 2 is 2.12 bits per heavy atom. The van der Waals surface area contributed by atoms with Crippen LogP contribution in [0.2, 0.25) is 0 Å². The molecule has 2 nitrogen and oxygen atoms in total. The topological polar surface area (TPSA) is 37.3 Å². The zero-order valence-corrected chi connectivity index (χ0v) is 6.57. The fraction of sp³-hybridized carbons (Fsp3) is 0.800. The predicted octanol–water partition coefficient (Wildman–Crippen LogP) is 0.345. The maximum Gasteiger partial charge on any atom is 0.129 e. The van der Waals surface area contributed by atoms with Crippen LogP contribution in [0.3, 0.4) is 0 Å². The van der Waals surface area contributed by atoms with Gasteiger partial charge in [-0.15, -0.1) is 0 Å². The molecule has 0 amide bonds. The molecule has 8 heavy (non-hydrogen) atoms. The van der Waals surface area contributed by atoms with Crippen LogP contribution in [0.15, 0.2) is 0 Å². The Bertz CT molecular complexity index is 63.4. The Morgan fingerprint density at radius 3 is 2.25 bits per heavy atom. The third kappa shape index (κ3) is 9.54. The van der Waals surface area contributed by atoms with Crippen LogP contribution >= 0.6 is 0 Å². The zero-order valence-electron chi connectivity index (χ0n) is 4.83. The number of hydrogen-bond donors (Lipinski definition) is 1. The monoisotopic (exact) mass is 204 g/mol. The van der Waals surface area contributed by atoms with Crippen LogP contribution in [0.1, 0.15) is 19.8 Å². The molecule has 0 aliphatic heterocycles. The Morgan fingerprint density at radius 1 is 1.62 bits per heavy atom. The first-order chi connectivity index (χ1) is 3.27. The van der Waals surface area contributed by atoms with Gasteiger partial charge in [0.25, 0.3) is 0 Å². The molecule has 1 N–H and O–H groups in total. The molecule has 0 aliphatic rings. The molecule has 0 radical (unpaired) electrons. The second kappa shape index (κ2) is 7.25. The summed E-state index contributed by atoms with van der Waals surface area (Å²) < 4.78 is 0.